The van der Waals surface area contributed by atoms with Crippen molar-refractivity contribution >= 4 is 0 Å². The van der Waals surface area contributed by atoms with Crippen LogP contribution in [0.2, 0.25) is 0 Å². The lowest BCUT2D eigenvalue weighted by atomic mass is 9.83. The van der Waals surface area contributed by atoms with Gasteiger partial charge in [-0.3, -0.25) is 0 Å². The Hall–Kier alpha value is -3.98. The highest BCUT2D eigenvalue weighted by Crippen LogP contribution is 2.43. The van der Waals surface area contributed by atoms with Gasteiger partial charge in [-0.05, 0) is 41.5 Å². The molecular formula is C23H17FN2O3. The lowest BCUT2D eigenvalue weighted by molar-refractivity contribution is 0.305. The minimum Gasteiger partial charge on any atom is -0.508 e. The maximum absolute atomic E-state index is 13.3. The van der Waals surface area contributed by atoms with Crippen LogP contribution in [-0.2, 0) is 6.61 Å². The fourth-order valence-electron chi connectivity index (χ4n) is 3.34. The molecule has 3 aromatic rings. The molecule has 3 aromatic carbocycles. The number of nitrogens with two attached hydrogens (primary N) is 1. The summed E-state index contributed by atoms with van der Waals surface area (Å²) in [5, 5.41) is 19.3. The van der Waals surface area contributed by atoms with Gasteiger partial charge >= 0.3 is 0 Å². The number of halogens is 1. The van der Waals surface area contributed by atoms with Gasteiger partial charge in [0.2, 0.25) is 5.88 Å². The van der Waals surface area contributed by atoms with Crippen molar-refractivity contribution in [2.24, 2.45) is 5.73 Å². The van der Waals surface area contributed by atoms with E-state index in [1.165, 1.54) is 18.2 Å². The van der Waals surface area contributed by atoms with Gasteiger partial charge in [0.1, 0.15) is 41.3 Å². The number of hydrogen-bond donors (Lipinski definition) is 2. The average molecular weight is 388 g/mol. The van der Waals surface area contributed by atoms with Crippen LogP contribution in [0.15, 0.2) is 78.2 Å². The zero-order valence-electron chi connectivity index (χ0n) is 15.3. The van der Waals surface area contributed by atoms with Gasteiger partial charge in [0.15, 0.2) is 0 Å². The van der Waals surface area contributed by atoms with Crippen molar-refractivity contribution < 1.29 is 19.0 Å². The highest BCUT2D eigenvalue weighted by Gasteiger charge is 2.30. The molecule has 4 rings (SSSR count). The van der Waals surface area contributed by atoms with Crippen LogP contribution in [0.5, 0.6) is 17.2 Å². The standard InChI is InChI=1S/C23H17FN2O3/c24-16-3-1-2-14(10-16)13-28-18-7-4-15(5-8-18)22-19-9-6-17(27)11-21(19)29-23(26)20(22)12-25/h1-11,22,27H,13,26H2/t22-/m0/s1. The topological polar surface area (TPSA) is 88.5 Å². The van der Waals surface area contributed by atoms with Crippen molar-refractivity contribution in [1.82, 2.24) is 0 Å². The van der Waals surface area contributed by atoms with Crippen LogP contribution in [0, 0.1) is 17.1 Å². The van der Waals surface area contributed by atoms with Gasteiger partial charge in [0.05, 0.1) is 5.92 Å². The van der Waals surface area contributed by atoms with E-state index >= 15 is 0 Å². The van der Waals surface area contributed by atoms with Gasteiger partial charge in [-0.15, -0.1) is 0 Å². The van der Waals surface area contributed by atoms with Crippen molar-refractivity contribution in [2.75, 3.05) is 0 Å². The molecule has 1 heterocycles. The largest absolute Gasteiger partial charge is 0.508 e. The van der Waals surface area contributed by atoms with Crippen LogP contribution in [0.25, 0.3) is 0 Å². The van der Waals surface area contributed by atoms with E-state index in [0.717, 1.165) is 16.7 Å². The smallest absolute Gasteiger partial charge is 0.205 e. The first-order chi connectivity index (χ1) is 14.0. The summed E-state index contributed by atoms with van der Waals surface area (Å²) >= 11 is 0. The van der Waals surface area contributed by atoms with Gasteiger partial charge in [-0.25, -0.2) is 4.39 Å². The lowest BCUT2D eigenvalue weighted by Crippen LogP contribution is -2.20. The van der Waals surface area contributed by atoms with E-state index in [1.54, 1.807) is 36.4 Å². The molecule has 0 amide bonds. The average Bonchev–Trinajstić information content (AvgIpc) is 2.71. The summed E-state index contributed by atoms with van der Waals surface area (Å²) in [4.78, 5) is 0. The van der Waals surface area contributed by atoms with Crippen molar-refractivity contribution in [3.05, 3.63) is 101 Å². The Morgan fingerprint density at radius 3 is 2.62 bits per heavy atom. The highest BCUT2D eigenvalue weighted by molar-refractivity contribution is 5.57. The summed E-state index contributed by atoms with van der Waals surface area (Å²) in [6.07, 6.45) is 0. The number of nitriles is 1. The van der Waals surface area contributed by atoms with E-state index in [9.17, 15) is 14.8 Å². The molecule has 1 aliphatic heterocycles. The summed E-state index contributed by atoms with van der Waals surface area (Å²) in [6, 6.07) is 20.4. The Bertz CT molecular complexity index is 1130. The van der Waals surface area contributed by atoms with Gasteiger partial charge in [-0.2, -0.15) is 5.26 Å². The highest BCUT2D eigenvalue weighted by atomic mass is 19.1. The molecular weight excluding hydrogens is 371 g/mol. The monoisotopic (exact) mass is 388 g/mol. The fourth-order valence-corrected chi connectivity index (χ4v) is 3.34. The zero-order valence-corrected chi connectivity index (χ0v) is 15.3. The number of hydrogen-bond acceptors (Lipinski definition) is 5. The molecule has 0 radical (unpaired) electrons. The molecule has 0 bridgehead atoms. The summed E-state index contributed by atoms with van der Waals surface area (Å²) in [6.45, 7) is 0.243. The molecule has 0 aromatic heterocycles. The van der Waals surface area contributed by atoms with Crippen LogP contribution in [0.4, 0.5) is 4.39 Å². The minimum atomic E-state index is -0.415. The second-order valence-corrected chi connectivity index (χ2v) is 6.63. The Morgan fingerprint density at radius 2 is 1.90 bits per heavy atom. The summed E-state index contributed by atoms with van der Waals surface area (Å²) in [5.41, 5.74) is 8.54. The van der Waals surface area contributed by atoms with Gasteiger partial charge < -0.3 is 20.3 Å². The van der Waals surface area contributed by atoms with Crippen LogP contribution >= 0.6 is 0 Å². The molecule has 0 fully saturated rings. The van der Waals surface area contributed by atoms with Gasteiger partial charge in [0.25, 0.3) is 0 Å². The number of benzene rings is 3. The second-order valence-electron chi connectivity index (χ2n) is 6.63. The molecule has 1 atom stereocenters. The maximum Gasteiger partial charge on any atom is 0.205 e. The Kier molecular flexibility index (Phi) is 4.80. The third-order valence-electron chi connectivity index (χ3n) is 4.71. The zero-order chi connectivity index (χ0) is 20.4. The van der Waals surface area contributed by atoms with E-state index < -0.39 is 5.92 Å². The van der Waals surface area contributed by atoms with E-state index in [0.29, 0.717) is 17.1 Å². The Labute approximate surface area is 167 Å². The van der Waals surface area contributed by atoms with Crippen molar-refractivity contribution in [1.29, 1.82) is 5.26 Å². The number of ether oxygens (including phenoxy) is 2. The maximum atomic E-state index is 13.3. The van der Waals surface area contributed by atoms with Gasteiger partial charge in [-0.1, -0.05) is 30.3 Å². The van der Waals surface area contributed by atoms with Crippen molar-refractivity contribution in [3.8, 4) is 23.3 Å². The van der Waals surface area contributed by atoms with E-state index in [-0.39, 0.29) is 24.1 Å². The third-order valence-corrected chi connectivity index (χ3v) is 4.71. The molecule has 0 spiro atoms. The Morgan fingerprint density at radius 1 is 1.10 bits per heavy atom. The fraction of sp³-hybridized carbons (Fsp3) is 0.0870. The van der Waals surface area contributed by atoms with Crippen molar-refractivity contribution in [3.63, 3.8) is 0 Å². The molecule has 0 aliphatic carbocycles. The second kappa shape index (κ2) is 7.56. The summed E-state index contributed by atoms with van der Waals surface area (Å²) < 4.78 is 24.5. The molecule has 5 nitrogen and oxygen atoms in total. The number of phenolic OH excluding ortho intramolecular Hbond substituents is 1. The molecule has 0 saturated heterocycles. The van der Waals surface area contributed by atoms with Crippen LogP contribution in [0.1, 0.15) is 22.6 Å². The predicted molar refractivity (Wildman–Crippen MR) is 105 cm³/mol. The molecule has 3 N–H and O–H groups in total. The number of rotatable bonds is 4. The number of aromatic hydroxyl groups is 1. The van der Waals surface area contributed by atoms with Crippen molar-refractivity contribution in [2.45, 2.75) is 12.5 Å². The number of nitrogens with zero attached hydrogens (tertiary/aromatic N) is 1. The first kappa shape index (κ1) is 18.4. The molecule has 1 aliphatic rings. The quantitative estimate of drug-likeness (QED) is 0.695. The van der Waals surface area contributed by atoms with E-state index in [4.69, 9.17) is 15.2 Å². The number of phenols is 1. The van der Waals surface area contributed by atoms with Gasteiger partial charge in [0, 0.05) is 11.6 Å². The van der Waals surface area contributed by atoms with Crippen LogP contribution < -0.4 is 15.2 Å². The molecule has 144 valence electrons. The minimum absolute atomic E-state index is 0.0158. The summed E-state index contributed by atoms with van der Waals surface area (Å²) in [7, 11) is 0. The number of fused-ring (bicyclic) bond motifs is 1. The predicted octanol–water partition coefficient (Wildman–Crippen LogP) is 4.33. The first-order valence-corrected chi connectivity index (χ1v) is 8.93. The van der Waals surface area contributed by atoms with Crippen LogP contribution in [-0.4, -0.2) is 5.11 Å². The summed E-state index contributed by atoms with van der Waals surface area (Å²) in [5.74, 6) is 0.379. The normalized spacial score (nSPS) is 15.2. The first-order valence-electron chi connectivity index (χ1n) is 8.93. The SMILES string of the molecule is N#CC1=C(N)Oc2cc(O)ccc2[C@@H]1c1ccc(OCc2cccc(F)c2)cc1. The van der Waals surface area contributed by atoms with E-state index in [1.807, 2.05) is 12.1 Å². The third kappa shape index (κ3) is 3.71. The van der Waals surface area contributed by atoms with E-state index in [2.05, 4.69) is 6.07 Å². The lowest BCUT2D eigenvalue weighted by Gasteiger charge is -2.26. The molecule has 0 saturated carbocycles. The molecule has 6 heteroatoms. The molecule has 0 unspecified atom stereocenters. The molecule has 29 heavy (non-hydrogen) atoms. The number of allylic oxidation sites excluding steroid dienone is 1. The Balaban J connectivity index is 1.60. The van der Waals surface area contributed by atoms with Crippen LogP contribution in [0.3, 0.4) is 0 Å².